The van der Waals surface area contributed by atoms with E-state index < -0.39 is 0 Å². The van der Waals surface area contributed by atoms with Crippen LogP contribution in [0.4, 0.5) is 4.39 Å². The molecule has 1 aliphatic heterocycles. The molecule has 33 heavy (non-hydrogen) atoms. The minimum atomic E-state index is -0.362. The topological polar surface area (TPSA) is 58.3 Å². The van der Waals surface area contributed by atoms with E-state index in [1.807, 2.05) is 42.5 Å². The lowest BCUT2D eigenvalue weighted by Gasteiger charge is -2.18. The Morgan fingerprint density at radius 2 is 1.88 bits per heavy atom. The van der Waals surface area contributed by atoms with Crippen LogP contribution in [-0.4, -0.2) is 34.7 Å². The molecule has 0 amide bonds. The number of halogens is 1. The van der Waals surface area contributed by atoms with Crippen molar-refractivity contribution in [1.29, 1.82) is 0 Å². The highest BCUT2D eigenvalue weighted by atomic mass is 19.1. The van der Waals surface area contributed by atoms with Crippen molar-refractivity contribution in [3.8, 4) is 28.4 Å². The molecule has 4 aromatic rings. The maximum Gasteiger partial charge on any atom is 0.232 e. The van der Waals surface area contributed by atoms with Crippen LogP contribution in [0.15, 0.2) is 84.1 Å². The Kier molecular flexibility index (Phi) is 5.62. The molecule has 2 aromatic carbocycles. The van der Waals surface area contributed by atoms with Crippen molar-refractivity contribution in [2.24, 2.45) is 0 Å². The maximum atomic E-state index is 15.7. The minimum absolute atomic E-state index is 0.114. The van der Waals surface area contributed by atoms with Gasteiger partial charge < -0.3 is 14.0 Å². The van der Waals surface area contributed by atoms with Gasteiger partial charge in [0.25, 0.3) is 0 Å². The monoisotopic (exact) mass is 443 g/mol. The molecule has 0 unspecified atom stereocenters. The molecule has 2 aromatic heterocycles. The van der Waals surface area contributed by atoms with Crippen molar-refractivity contribution < 1.29 is 13.9 Å². The molecule has 0 aliphatic carbocycles. The summed E-state index contributed by atoms with van der Waals surface area (Å²) in [5.41, 5.74) is 3.22. The van der Waals surface area contributed by atoms with Gasteiger partial charge in [0.15, 0.2) is 11.6 Å². The molecule has 5 rings (SSSR count). The molecular weight excluding hydrogens is 421 g/mol. The van der Waals surface area contributed by atoms with E-state index in [4.69, 9.17) is 9.47 Å². The average Bonchev–Trinajstić information content (AvgIpc) is 3.35. The quantitative estimate of drug-likeness (QED) is 0.451. The number of methoxy groups -OCH3 is 1. The first-order valence-corrected chi connectivity index (χ1v) is 10.6. The molecule has 6 nitrogen and oxygen atoms in total. The Hall–Kier alpha value is -3.97. The van der Waals surface area contributed by atoms with Gasteiger partial charge in [0.1, 0.15) is 0 Å². The van der Waals surface area contributed by atoms with Crippen molar-refractivity contribution in [1.82, 2.24) is 14.3 Å². The number of hydrogen-bond donors (Lipinski definition) is 0. The molecule has 0 saturated carbocycles. The molecule has 166 valence electrons. The van der Waals surface area contributed by atoms with Gasteiger partial charge in [0.05, 0.1) is 55.3 Å². The Bertz CT molecular complexity index is 1390. The molecule has 0 radical (unpaired) electrons. The van der Waals surface area contributed by atoms with Crippen LogP contribution in [0.1, 0.15) is 12.0 Å². The summed E-state index contributed by atoms with van der Waals surface area (Å²) < 4.78 is 29.7. The zero-order valence-electron chi connectivity index (χ0n) is 18.1. The summed E-state index contributed by atoms with van der Waals surface area (Å²) >= 11 is 0. The number of aromatic nitrogens is 3. The molecule has 1 aliphatic rings. The van der Waals surface area contributed by atoms with E-state index in [9.17, 15) is 4.79 Å². The zero-order valence-corrected chi connectivity index (χ0v) is 18.1. The lowest BCUT2D eigenvalue weighted by atomic mass is 10.00. The van der Waals surface area contributed by atoms with Crippen LogP contribution in [0.2, 0.25) is 0 Å². The van der Waals surface area contributed by atoms with Gasteiger partial charge in [-0.15, -0.1) is 0 Å². The minimum Gasteiger partial charge on any atom is -0.491 e. The van der Waals surface area contributed by atoms with Crippen molar-refractivity contribution in [2.75, 3.05) is 20.3 Å². The highest BCUT2D eigenvalue weighted by molar-refractivity contribution is 5.69. The highest BCUT2D eigenvalue weighted by Crippen LogP contribution is 2.29. The van der Waals surface area contributed by atoms with E-state index in [1.165, 1.54) is 13.3 Å². The number of benzene rings is 2. The largest absolute Gasteiger partial charge is 0.491 e. The Balaban J connectivity index is 1.67. The Morgan fingerprint density at radius 1 is 1.03 bits per heavy atom. The van der Waals surface area contributed by atoms with Gasteiger partial charge in [-0.05, 0) is 36.3 Å². The van der Waals surface area contributed by atoms with Gasteiger partial charge in [0.2, 0.25) is 5.43 Å². The second-order valence-corrected chi connectivity index (χ2v) is 7.63. The first kappa shape index (κ1) is 20.9. The SMILES string of the molecule is COc1cn(-c2cccc(C3=CCOCC3)c2F)cc(-c2ccnn2-c2ccccc2)c1=O. The van der Waals surface area contributed by atoms with Crippen LogP contribution >= 0.6 is 0 Å². The summed E-state index contributed by atoms with van der Waals surface area (Å²) in [6.07, 6.45) is 7.32. The molecule has 0 saturated heterocycles. The molecule has 0 N–H and O–H groups in total. The smallest absolute Gasteiger partial charge is 0.232 e. The van der Waals surface area contributed by atoms with Gasteiger partial charge >= 0.3 is 0 Å². The van der Waals surface area contributed by atoms with Crippen LogP contribution in [0.5, 0.6) is 5.75 Å². The molecule has 7 heteroatoms. The van der Waals surface area contributed by atoms with Gasteiger partial charge in [-0.2, -0.15) is 5.10 Å². The summed E-state index contributed by atoms with van der Waals surface area (Å²) in [5.74, 6) is -0.248. The first-order chi connectivity index (χ1) is 16.2. The van der Waals surface area contributed by atoms with Crippen molar-refractivity contribution in [2.45, 2.75) is 6.42 Å². The standard InChI is InChI=1S/C26H22FN3O3/c1-32-24-17-29(23-9-5-8-20(25(23)27)18-11-14-33-15-12-18)16-21(26(24)31)22-10-13-28-30(22)19-6-3-2-4-7-19/h2-11,13,16-17H,12,14-15H2,1H3. The van der Waals surface area contributed by atoms with E-state index in [1.54, 1.807) is 39.8 Å². The molecule has 3 heterocycles. The average molecular weight is 443 g/mol. The third kappa shape index (κ3) is 3.87. The summed E-state index contributed by atoms with van der Waals surface area (Å²) in [7, 11) is 1.43. The lowest BCUT2D eigenvalue weighted by Crippen LogP contribution is -2.15. The predicted octanol–water partition coefficient (Wildman–Crippen LogP) is 4.64. The Morgan fingerprint density at radius 3 is 2.64 bits per heavy atom. The number of rotatable bonds is 5. The molecule has 0 fully saturated rings. The number of para-hydroxylation sites is 1. The fraction of sp³-hybridized carbons (Fsp3) is 0.154. The van der Waals surface area contributed by atoms with Crippen LogP contribution in [0.25, 0.3) is 28.2 Å². The van der Waals surface area contributed by atoms with E-state index >= 15 is 4.39 Å². The number of ether oxygens (including phenoxy) is 2. The van der Waals surface area contributed by atoms with Crippen LogP contribution in [-0.2, 0) is 4.74 Å². The summed E-state index contributed by atoms with van der Waals surface area (Å²) in [6.45, 7) is 1.04. The third-order valence-corrected chi connectivity index (χ3v) is 5.70. The lowest BCUT2D eigenvalue weighted by molar-refractivity contribution is 0.161. The molecule has 0 spiro atoms. The number of hydrogen-bond acceptors (Lipinski definition) is 4. The van der Waals surface area contributed by atoms with Crippen molar-refractivity contribution in [3.63, 3.8) is 0 Å². The highest BCUT2D eigenvalue weighted by Gasteiger charge is 2.19. The van der Waals surface area contributed by atoms with E-state index in [0.29, 0.717) is 42.1 Å². The normalized spacial score (nSPS) is 13.6. The first-order valence-electron chi connectivity index (χ1n) is 10.6. The van der Waals surface area contributed by atoms with Crippen molar-refractivity contribution in [3.05, 3.63) is 101 Å². The molecule has 0 atom stereocenters. The number of pyridine rings is 1. The second kappa shape index (κ2) is 8.88. The fourth-order valence-electron chi connectivity index (χ4n) is 4.04. The second-order valence-electron chi connectivity index (χ2n) is 7.63. The predicted molar refractivity (Wildman–Crippen MR) is 125 cm³/mol. The van der Waals surface area contributed by atoms with Gasteiger partial charge in [-0.1, -0.05) is 36.4 Å². The maximum absolute atomic E-state index is 15.7. The van der Waals surface area contributed by atoms with E-state index in [0.717, 1.165) is 11.3 Å². The van der Waals surface area contributed by atoms with Crippen LogP contribution < -0.4 is 10.2 Å². The Labute approximate surface area is 190 Å². The van der Waals surface area contributed by atoms with Crippen LogP contribution in [0, 0.1) is 5.82 Å². The van der Waals surface area contributed by atoms with Crippen LogP contribution in [0.3, 0.4) is 0 Å². The van der Waals surface area contributed by atoms with E-state index in [2.05, 4.69) is 5.10 Å². The van der Waals surface area contributed by atoms with Gasteiger partial charge in [-0.3, -0.25) is 4.79 Å². The van der Waals surface area contributed by atoms with Gasteiger partial charge in [-0.25, -0.2) is 9.07 Å². The fourth-order valence-corrected chi connectivity index (χ4v) is 4.04. The zero-order chi connectivity index (χ0) is 22.8. The van der Waals surface area contributed by atoms with Crippen molar-refractivity contribution >= 4 is 5.57 Å². The number of nitrogens with zero attached hydrogens (tertiary/aromatic N) is 3. The van der Waals surface area contributed by atoms with Gasteiger partial charge in [0, 0.05) is 11.8 Å². The summed E-state index contributed by atoms with van der Waals surface area (Å²) in [6, 6.07) is 16.5. The third-order valence-electron chi connectivity index (χ3n) is 5.70. The summed E-state index contributed by atoms with van der Waals surface area (Å²) in [5, 5.41) is 4.39. The molecular formula is C26H22FN3O3. The summed E-state index contributed by atoms with van der Waals surface area (Å²) in [4.78, 5) is 13.2. The molecule has 0 bridgehead atoms. The van der Waals surface area contributed by atoms with E-state index in [-0.39, 0.29) is 17.0 Å².